The van der Waals surface area contributed by atoms with Crippen molar-refractivity contribution in [2.75, 3.05) is 18.0 Å². The molecule has 0 bridgehead atoms. The fourth-order valence-electron chi connectivity index (χ4n) is 3.09. The summed E-state index contributed by atoms with van der Waals surface area (Å²) in [5.74, 6) is 0.972. The molecule has 1 aliphatic heterocycles. The zero-order valence-corrected chi connectivity index (χ0v) is 12.1. The molecule has 1 saturated heterocycles. The Morgan fingerprint density at radius 3 is 2.57 bits per heavy atom. The molecule has 0 radical (unpaired) electrons. The number of benzene rings is 1. The van der Waals surface area contributed by atoms with E-state index < -0.39 is 0 Å². The van der Waals surface area contributed by atoms with Gasteiger partial charge in [-0.25, -0.2) is 0 Å². The van der Waals surface area contributed by atoms with Crippen LogP contribution >= 0.6 is 0 Å². The van der Waals surface area contributed by atoms with Gasteiger partial charge in [0.1, 0.15) is 6.33 Å². The Balaban J connectivity index is 1.93. The molecule has 6 nitrogen and oxygen atoms in total. The highest BCUT2D eigenvalue weighted by Crippen LogP contribution is 2.28. The summed E-state index contributed by atoms with van der Waals surface area (Å²) in [4.78, 5) is 2.29. The number of fused-ring (bicyclic) bond motifs is 3. The van der Waals surface area contributed by atoms with E-state index >= 15 is 0 Å². The van der Waals surface area contributed by atoms with Gasteiger partial charge in [-0.1, -0.05) is 24.3 Å². The largest absolute Gasteiger partial charge is 0.372 e. The lowest BCUT2D eigenvalue weighted by molar-refractivity contribution is -0.00542. The van der Waals surface area contributed by atoms with E-state index in [1.807, 2.05) is 12.1 Å². The Kier molecular flexibility index (Phi) is 2.78. The average molecular weight is 283 g/mol. The molecule has 1 aromatic carbocycles. The summed E-state index contributed by atoms with van der Waals surface area (Å²) >= 11 is 0. The molecule has 0 amide bonds. The summed E-state index contributed by atoms with van der Waals surface area (Å²) in [7, 11) is 0. The molecule has 3 heterocycles. The average Bonchev–Trinajstić information content (AvgIpc) is 2.94. The van der Waals surface area contributed by atoms with E-state index in [0.717, 1.165) is 35.3 Å². The van der Waals surface area contributed by atoms with Crippen LogP contribution in [0, 0.1) is 0 Å². The lowest BCUT2D eigenvalue weighted by Crippen LogP contribution is -2.46. The molecule has 0 N–H and O–H groups in total. The van der Waals surface area contributed by atoms with E-state index in [-0.39, 0.29) is 12.2 Å². The van der Waals surface area contributed by atoms with Gasteiger partial charge >= 0.3 is 0 Å². The zero-order valence-electron chi connectivity index (χ0n) is 12.1. The Hall–Kier alpha value is -2.21. The van der Waals surface area contributed by atoms with Crippen LogP contribution < -0.4 is 4.90 Å². The molecule has 1 fully saturated rings. The zero-order chi connectivity index (χ0) is 14.4. The summed E-state index contributed by atoms with van der Waals surface area (Å²) in [6.07, 6.45) is 2.05. The van der Waals surface area contributed by atoms with Crippen LogP contribution in [0.25, 0.3) is 16.4 Å². The number of aromatic nitrogens is 4. The van der Waals surface area contributed by atoms with Crippen molar-refractivity contribution in [1.82, 2.24) is 19.8 Å². The molecule has 1 aliphatic rings. The van der Waals surface area contributed by atoms with Crippen molar-refractivity contribution >= 4 is 22.2 Å². The van der Waals surface area contributed by atoms with Gasteiger partial charge in [0.2, 0.25) is 0 Å². The molecule has 3 aromatic rings. The maximum atomic E-state index is 5.82. The summed E-state index contributed by atoms with van der Waals surface area (Å²) in [6, 6.07) is 8.22. The molecular formula is C15H17N5O. The van der Waals surface area contributed by atoms with E-state index in [1.54, 1.807) is 10.8 Å². The highest BCUT2D eigenvalue weighted by molar-refractivity contribution is 6.00. The summed E-state index contributed by atoms with van der Waals surface area (Å²) in [5, 5.41) is 15.0. The quantitative estimate of drug-likeness (QED) is 0.682. The number of hydrogen-bond donors (Lipinski definition) is 0. The van der Waals surface area contributed by atoms with Crippen LogP contribution in [0.1, 0.15) is 13.8 Å². The van der Waals surface area contributed by atoms with Crippen LogP contribution in [0.2, 0.25) is 0 Å². The second-order valence-corrected chi connectivity index (χ2v) is 5.63. The van der Waals surface area contributed by atoms with Crippen LogP contribution in [0.4, 0.5) is 5.82 Å². The fourth-order valence-corrected chi connectivity index (χ4v) is 3.09. The molecule has 4 rings (SSSR count). The molecule has 2 aromatic heterocycles. The van der Waals surface area contributed by atoms with Gasteiger partial charge in [-0.3, -0.25) is 0 Å². The highest BCUT2D eigenvalue weighted by atomic mass is 16.5. The summed E-state index contributed by atoms with van der Waals surface area (Å²) in [6.45, 7) is 5.88. The minimum Gasteiger partial charge on any atom is -0.372 e. The molecule has 0 saturated carbocycles. The molecular weight excluding hydrogens is 266 g/mol. The third kappa shape index (κ3) is 2.03. The van der Waals surface area contributed by atoms with Crippen molar-refractivity contribution in [3.05, 3.63) is 30.6 Å². The molecule has 0 unspecified atom stereocenters. The normalized spacial score (nSPS) is 23.0. The maximum Gasteiger partial charge on any atom is 0.185 e. The Bertz CT molecular complexity index is 789. The molecule has 21 heavy (non-hydrogen) atoms. The molecule has 6 heteroatoms. The third-order valence-electron chi connectivity index (χ3n) is 3.86. The van der Waals surface area contributed by atoms with Gasteiger partial charge in [-0.2, -0.15) is 4.52 Å². The standard InChI is InChI=1S/C15H17N5O/c1-10-7-19(8-11(2)21-10)15-13-6-4-3-5-12(13)14-17-16-9-20(14)18-15/h3-6,9-11H,7-8H2,1-2H3/t10-,11-/m0/s1. The first-order valence-electron chi connectivity index (χ1n) is 7.21. The number of anilines is 1. The van der Waals surface area contributed by atoms with Crippen LogP contribution in [0.15, 0.2) is 30.6 Å². The molecule has 0 aliphatic carbocycles. The van der Waals surface area contributed by atoms with E-state index in [9.17, 15) is 0 Å². The minimum atomic E-state index is 0.200. The third-order valence-corrected chi connectivity index (χ3v) is 3.86. The minimum absolute atomic E-state index is 0.200. The van der Waals surface area contributed by atoms with Crippen molar-refractivity contribution in [1.29, 1.82) is 0 Å². The van der Waals surface area contributed by atoms with Crippen LogP contribution in [-0.4, -0.2) is 45.1 Å². The SMILES string of the molecule is C[C@H]1CN(c2nn3cnnc3c3ccccc23)C[C@H](C)O1. The van der Waals surface area contributed by atoms with Gasteiger partial charge in [-0.15, -0.1) is 15.3 Å². The van der Waals surface area contributed by atoms with Gasteiger partial charge < -0.3 is 9.64 Å². The lowest BCUT2D eigenvalue weighted by Gasteiger charge is -2.36. The van der Waals surface area contributed by atoms with E-state index in [4.69, 9.17) is 9.84 Å². The lowest BCUT2D eigenvalue weighted by atomic mass is 10.1. The summed E-state index contributed by atoms with van der Waals surface area (Å²) in [5.41, 5.74) is 0.795. The smallest absolute Gasteiger partial charge is 0.185 e. The van der Waals surface area contributed by atoms with Gasteiger partial charge in [0.15, 0.2) is 11.5 Å². The van der Waals surface area contributed by atoms with Crippen molar-refractivity contribution in [3.8, 4) is 0 Å². The molecule has 108 valence electrons. The predicted molar refractivity (Wildman–Crippen MR) is 80.5 cm³/mol. The molecule has 0 spiro atoms. The van der Waals surface area contributed by atoms with Gasteiger partial charge in [-0.05, 0) is 13.8 Å². The second kappa shape index (κ2) is 4.66. The van der Waals surface area contributed by atoms with Crippen molar-refractivity contribution in [2.24, 2.45) is 0 Å². The van der Waals surface area contributed by atoms with Crippen LogP contribution in [-0.2, 0) is 4.74 Å². The Morgan fingerprint density at radius 2 is 1.81 bits per heavy atom. The Morgan fingerprint density at radius 1 is 1.10 bits per heavy atom. The second-order valence-electron chi connectivity index (χ2n) is 5.63. The maximum absolute atomic E-state index is 5.82. The fraction of sp³-hybridized carbons (Fsp3) is 0.400. The highest BCUT2D eigenvalue weighted by Gasteiger charge is 2.25. The van der Waals surface area contributed by atoms with Crippen LogP contribution in [0.3, 0.4) is 0 Å². The number of morpholine rings is 1. The number of nitrogens with zero attached hydrogens (tertiary/aromatic N) is 5. The first-order valence-corrected chi connectivity index (χ1v) is 7.21. The monoisotopic (exact) mass is 283 g/mol. The van der Waals surface area contributed by atoms with E-state index in [2.05, 4.69) is 41.1 Å². The van der Waals surface area contributed by atoms with Crippen LogP contribution in [0.5, 0.6) is 0 Å². The Labute approximate surface area is 122 Å². The van der Waals surface area contributed by atoms with Gasteiger partial charge in [0.25, 0.3) is 0 Å². The van der Waals surface area contributed by atoms with Crippen molar-refractivity contribution in [2.45, 2.75) is 26.1 Å². The first kappa shape index (κ1) is 12.5. The van der Waals surface area contributed by atoms with Gasteiger partial charge in [0.05, 0.1) is 12.2 Å². The van der Waals surface area contributed by atoms with Crippen molar-refractivity contribution < 1.29 is 4.74 Å². The predicted octanol–water partition coefficient (Wildman–Crippen LogP) is 1.89. The van der Waals surface area contributed by atoms with E-state index in [0.29, 0.717) is 0 Å². The van der Waals surface area contributed by atoms with E-state index in [1.165, 1.54) is 0 Å². The number of hydrogen-bond acceptors (Lipinski definition) is 5. The summed E-state index contributed by atoms with van der Waals surface area (Å²) < 4.78 is 7.57. The van der Waals surface area contributed by atoms with Gasteiger partial charge in [0, 0.05) is 23.9 Å². The first-order chi connectivity index (χ1) is 10.2. The topological polar surface area (TPSA) is 55.6 Å². The molecule has 2 atom stereocenters. The number of ether oxygens (including phenoxy) is 1. The number of rotatable bonds is 1. The van der Waals surface area contributed by atoms with Crippen molar-refractivity contribution in [3.63, 3.8) is 0 Å².